The predicted molar refractivity (Wildman–Crippen MR) is 51.8 cm³/mol. The van der Waals surface area contributed by atoms with Gasteiger partial charge in [0.25, 0.3) is 0 Å². The lowest BCUT2D eigenvalue weighted by atomic mass is 10.1. The largest absolute Gasteiger partial charge is 0.296 e. The molecule has 0 heterocycles. The van der Waals surface area contributed by atoms with E-state index >= 15 is 0 Å². The first-order valence-corrected chi connectivity index (χ1v) is 4.51. The maximum absolute atomic E-state index is 8.46. The summed E-state index contributed by atoms with van der Waals surface area (Å²) in [5, 5.41) is 16.9. The van der Waals surface area contributed by atoms with Crippen molar-refractivity contribution >= 4 is 0 Å². The molecule has 0 aromatic rings. The van der Waals surface area contributed by atoms with Crippen LogP contribution in [0.1, 0.15) is 33.6 Å². The zero-order valence-corrected chi connectivity index (χ0v) is 8.67. The highest BCUT2D eigenvalue weighted by atomic mass is 15.2. The first-order valence-electron chi connectivity index (χ1n) is 4.51. The monoisotopic (exact) mass is 179 g/mol. The Morgan fingerprint density at radius 2 is 1.38 bits per heavy atom. The summed E-state index contributed by atoms with van der Waals surface area (Å²) < 4.78 is 0. The minimum absolute atomic E-state index is 0.0493. The molecule has 72 valence electrons. The maximum atomic E-state index is 8.46. The summed E-state index contributed by atoms with van der Waals surface area (Å²) in [6.07, 6.45) is 1.06. The van der Waals surface area contributed by atoms with Crippen LogP contribution in [0.4, 0.5) is 0 Å². The number of nitrogens with zero attached hydrogens (tertiary/aromatic N) is 3. The third-order valence-corrected chi connectivity index (χ3v) is 1.94. The van der Waals surface area contributed by atoms with Gasteiger partial charge in [-0.15, -0.1) is 0 Å². The van der Waals surface area contributed by atoms with Gasteiger partial charge in [0.15, 0.2) is 0 Å². The van der Waals surface area contributed by atoms with Gasteiger partial charge in [-0.1, -0.05) is 0 Å². The van der Waals surface area contributed by atoms with Crippen LogP contribution in [0.15, 0.2) is 0 Å². The van der Waals surface area contributed by atoms with Crippen molar-refractivity contribution in [2.45, 2.75) is 39.2 Å². The average molecular weight is 179 g/mol. The lowest BCUT2D eigenvalue weighted by Gasteiger charge is -2.34. The fraction of sp³-hybridized carbons (Fsp3) is 0.800. The number of rotatable bonds is 4. The molecule has 0 aliphatic heterocycles. The molecule has 0 spiro atoms. The fourth-order valence-electron chi connectivity index (χ4n) is 1.15. The standard InChI is InChI=1S/C10H17N3/c1-10(2,3)13(8-4-6-11)9-5-7-12/h4-5,8-9H2,1-3H3. The van der Waals surface area contributed by atoms with Gasteiger partial charge < -0.3 is 0 Å². The van der Waals surface area contributed by atoms with Crippen LogP contribution in [0, 0.1) is 22.7 Å². The first kappa shape index (κ1) is 11.9. The van der Waals surface area contributed by atoms with Gasteiger partial charge in [-0.3, -0.25) is 4.90 Å². The Balaban J connectivity index is 4.06. The molecule has 0 fully saturated rings. The zero-order chi connectivity index (χ0) is 10.3. The van der Waals surface area contributed by atoms with Gasteiger partial charge in [-0.25, -0.2) is 0 Å². The van der Waals surface area contributed by atoms with Crippen molar-refractivity contribution in [2.24, 2.45) is 0 Å². The Labute approximate surface area is 80.6 Å². The van der Waals surface area contributed by atoms with Crippen molar-refractivity contribution in [3.05, 3.63) is 0 Å². The lowest BCUT2D eigenvalue weighted by Crippen LogP contribution is -2.42. The van der Waals surface area contributed by atoms with Gasteiger partial charge in [-0.05, 0) is 20.8 Å². The van der Waals surface area contributed by atoms with Crippen LogP contribution in [-0.2, 0) is 0 Å². The van der Waals surface area contributed by atoms with E-state index in [0.717, 1.165) is 13.1 Å². The molecule has 0 amide bonds. The molecule has 3 nitrogen and oxygen atoms in total. The normalized spacial score (nSPS) is 10.9. The molecule has 13 heavy (non-hydrogen) atoms. The van der Waals surface area contributed by atoms with Gasteiger partial charge in [0.05, 0.1) is 12.1 Å². The molecular weight excluding hydrogens is 162 g/mol. The molecule has 0 aliphatic rings. The molecule has 0 aromatic carbocycles. The minimum Gasteiger partial charge on any atom is -0.296 e. The summed E-state index contributed by atoms with van der Waals surface area (Å²) in [6, 6.07) is 4.24. The number of hydrogen-bond acceptors (Lipinski definition) is 3. The summed E-state index contributed by atoms with van der Waals surface area (Å²) in [5.74, 6) is 0. The quantitative estimate of drug-likeness (QED) is 0.662. The summed E-state index contributed by atoms with van der Waals surface area (Å²) in [5.41, 5.74) is 0.0493. The van der Waals surface area contributed by atoms with E-state index in [1.165, 1.54) is 0 Å². The SMILES string of the molecule is CC(C)(C)N(CCC#N)CCC#N. The van der Waals surface area contributed by atoms with E-state index in [1.54, 1.807) is 0 Å². The second kappa shape index (κ2) is 5.56. The third-order valence-electron chi connectivity index (χ3n) is 1.94. The average Bonchev–Trinajstić information content (AvgIpc) is 2.02. The molecule has 0 radical (unpaired) electrons. The van der Waals surface area contributed by atoms with E-state index in [-0.39, 0.29) is 5.54 Å². The Bertz CT molecular complexity index is 196. The molecule has 0 saturated heterocycles. The van der Waals surface area contributed by atoms with Crippen LogP contribution in [0.3, 0.4) is 0 Å². The van der Waals surface area contributed by atoms with Crippen molar-refractivity contribution < 1.29 is 0 Å². The van der Waals surface area contributed by atoms with Gasteiger partial charge in [-0.2, -0.15) is 10.5 Å². The van der Waals surface area contributed by atoms with Crippen molar-refractivity contribution in [1.29, 1.82) is 10.5 Å². The van der Waals surface area contributed by atoms with Crippen LogP contribution >= 0.6 is 0 Å². The highest BCUT2D eigenvalue weighted by molar-refractivity contribution is 4.83. The highest BCUT2D eigenvalue weighted by Gasteiger charge is 2.19. The molecule has 0 aliphatic carbocycles. The smallest absolute Gasteiger partial charge is 0.0635 e. The molecule has 0 bridgehead atoms. The van der Waals surface area contributed by atoms with E-state index in [2.05, 4.69) is 37.8 Å². The molecule has 0 saturated carbocycles. The molecule has 0 N–H and O–H groups in total. The van der Waals surface area contributed by atoms with E-state index in [0.29, 0.717) is 12.8 Å². The number of nitriles is 2. The summed E-state index contributed by atoms with van der Waals surface area (Å²) in [7, 11) is 0. The van der Waals surface area contributed by atoms with Crippen LogP contribution in [-0.4, -0.2) is 23.5 Å². The van der Waals surface area contributed by atoms with Crippen LogP contribution in [0.25, 0.3) is 0 Å². The summed E-state index contributed by atoms with van der Waals surface area (Å²) in [6.45, 7) is 7.80. The van der Waals surface area contributed by atoms with Crippen molar-refractivity contribution in [2.75, 3.05) is 13.1 Å². The predicted octanol–water partition coefficient (Wildman–Crippen LogP) is 1.91. The second-order valence-corrected chi connectivity index (χ2v) is 3.97. The van der Waals surface area contributed by atoms with Crippen LogP contribution < -0.4 is 0 Å². The summed E-state index contributed by atoms with van der Waals surface area (Å²) in [4.78, 5) is 2.17. The molecule has 0 unspecified atom stereocenters. The van der Waals surface area contributed by atoms with Crippen LogP contribution in [0.2, 0.25) is 0 Å². The third kappa shape index (κ3) is 5.22. The van der Waals surface area contributed by atoms with Crippen molar-refractivity contribution in [3.8, 4) is 12.1 Å². The van der Waals surface area contributed by atoms with E-state index in [4.69, 9.17) is 10.5 Å². The molecular formula is C10H17N3. The Hall–Kier alpha value is -1.06. The summed E-state index contributed by atoms with van der Waals surface area (Å²) >= 11 is 0. The lowest BCUT2D eigenvalue weighted by molar-refractivity contribution is 0.143. The molecule has 3 heteroatoms. The van der Waals surface area contributed by atoms with Crippen molar-refractivity contribution in [1.82, 2.24) is 4.90 Å². The second-order valence-electron chi connectivity index (χ2n) is 3.97. The van der Waals surface area contributed by atoms with E-state index in [1.807, 2.05) is 0 Å². The molecule has 0 rings (SSSR count). The van der Waals surface area contributed by atoms with E-state index < -0.39 is 0 Å². The molecule has 0 atom stereocenters. The Morgan fingerprint density at radius 3 is 1.62 bits per heavy atom. The topological polar surface area (TPSA) is 50.8 Å². The van der Waals surface area contributed by atoms with Gasteiger partial charge in [0, 0.05) is 31.5 Å². The molecule has 0 aromatic heterocycles. The van der Waals surface area contributed by atoms with Gasteiger partial charge in [0.2, 0.25) is 0 Å². The highest BCUT2D eigenvalue weighted by Crippen LogP contribution is 2.13. The van der Waals surface area contributed by atoms with Gasteiger partial charge >= 0.3 is 0 Å². The minimum atomic E-state index is 0.0493. The Morgan fingerprint density at radius 1 is 1.00 bits per heavy atom. The zero-order valence-electron chi connectivity index (χ0n) is 8.67. The maximum Gasteiger partial charge on any atom is 0.0635 e. The number of hydrogen-bond donors (Lipinski definition) is 0. The van der Waals surface area contributed by atoms with E-state index in [9.17, 15) is 0 Å². The first-order chi connectivity index (χ1) is 6.02. The van der Waals surface area contributed by atoms with Crippen LogP contribution in [0.5, 0.6) is 0 Å². The van der Waals surface area contributed by atoms with Gasteiger partial charge in [0.1, 0.15) is 0 Å². The fourth-order valence-corrected chi connectivity index (χ4v) is 1.15. The Kier molecular flexibility index (Phi) is 5.11. The van der Waals surface area contributed by atoms with Crippen molar-refractivity contribution in [3.63, 3.8) is 0 Å².